The Bertz CT molecular complexity index is 725. The molecule has 0 saturated carbocycles. The van der Waals surface area contributed by atoms with Gasteiger partial charge in [-0.25, -0.2) is 4.39 Å². The van der Waals surface area contributed by atoms with Crippen molar-refractivity contribution in [2.45, 2.75) is 19.3 Å². The molecule has 1 aliphatic heterocycles. The average molecular weight is 360 g/mol. The molecule has 0 radical (unpaired) electrons. The van der Waals surface area contributed by atoms with E-state index in [4.69, 9.17) is 0 Å². The van der Waals surface area contributed by atoms with Gasteiger partial charge in [0.2, 0.25) is 11.8 Å². The lowest BCUT2D eigenvalue weighted by Gasteiger charge is -2.35. The first-order chi connectivity index (χ1) is 12.1. The zero-order chi connectivity index (χ0) is 17.6. The van der Waals surface area contributed by atoms with Gasteiger partial charge in [0.25, 0.3) is 0 Å². The number of carbonyl (C=O) groups is 2. The van der Waals surface area contributed by atoms with E-state index in [-0.39, 0.29) is 24.1 Å². The van der Waals surface area contributed by atoms with Crippen LogP contribution in [0.1, 0.15) is 16.9 Å². The van der Waals surface area contributed by atoms with Gasteiger partial charge >= 0.3 is 0 Å². The summed E-state index contributed by atoms with van der Waals surface area (Å²) in [5.41, 5.74) is 0.418. The number of rotatable bonds is 5. The molecule has 0 spiro atoms. The number of amides is 2. The van der Waals surface area contributed by atoms with Crippen molar-refractivity contribution >= 4 is 23.2 Å². The third-order valence-electron chi connectivity index (χ3n) is 4.45. The van der Waals surface area contributed by atoms with Crippen molar-refractivity contribution in [3.63, 3.8) is 0 Å². The fourth-order valence-corrected chi connectivity index (χ4v) is 3.67. The smallest absolute Gasteiger partial charge is 0.227 e. The quantitative estimate of drug-likeness (QED) is 0.823. The lowest BCUT2D eigenvalue weighted by Crippen LogP contribution is -2.51. The fourth-order valence-electron chi connectivity index (χ4n) is 2.96. The van der Waals surface area contributed by atoms with Crippen LogP contribution in [0, 0.1) is 5.82 Å². The maximum absolute atomic E-state index is 13.7. The number of hydrogen-bond donors (Lipinski definition) is 0. The normalized spacial score (nSPS) is 14.6. The van der Waals surface area contributed by atoms with Gasteiger partial charge in [0, 0.05) is 37.5 Å². The van der Waals surface area contributed by atoms with Crippen LogP contribution < -0.4 is 0 Å². The van der Waals surface area contributed by atoms with Crippen molar-refractivity contribution < 1.29 is 14.0 Å². The average Bonchev–Trinajstić information content (AvgIpc) is 3.15. The van der Waals surface area contributed by atoms with E-state index in [1.54, 1.807) is 34.4 Å². The summed E-state index contributed by atoms with van der Waals surface area (Å²) >= 11 is 1.66. The van der Waals surface area contributed by atoms with E-state index in [0.717, 1.165) is 6.42 Å². The molecule has 2 heterocycles. The summed E-state index contributed by atoms with van der Waals surface area (Å²) in [5, 5.41) is 2.01. The number of thiophene rings is 1. The van der Waals surface area contributed by atoms with Crippen LogP contribution in [0.25, 0.3) is 0 Å². The first-order valence-corrected chi connectivity index (χ1v) is 9.33. The summed E-state index contributed by atoms with van der Waals surface area (Å²) in [6.45, 7) is 2.12. The highest BCUT2D eigenvalue weighted by Crippen LogP contribution is 2.14. The van der Waals surface area contributed by atoms with Gasteiger partial charge in [-0.2, -0.15) is 0 Å². The molecular weight excluding hydrogens is 339 g/mol. The monoisotopic (exact) mass is 360 g/mol. The van der Waals surface area contributed by atoms with Crippen molar-refractivity contribution in [1.82, 2.24) is 9.80 Å². The van der Waals surface area contributed by atoms with Crippen LogP contribution in [0.4, 0.5) is 4.39 Å². The Hall–Kier alpha value is -2.21. The maximum atomic E-state index is 13.7. The molecule has 2 aromatic rings. The van der Waals surface area contributed by atoms with E-state index < -0.39 is 0 Å². The van der Waals surface area contributed by atoms with Gasteiger partial charge < -0.3 is 9.80 Å². The zero-order valence-corrected chi connectivity index (χ0v) is 14.8. The van der Waals surface area contributed by atoms with Crippen molar-refractivity contribution in [3.8, 4) is 0 Å². The van der Waals surface area contributed by atoms with E-state index in [1.807, 2.05) is 22.4 Å². The van der Waals surface area contributed by atoms with Crippen LogP contribution in [-0.4, -0.2) is 47.8 Å². The summed E-state index contributed by atoms with van der Waals surface area (Å²) in [4.78, 5) is 29.4. The van der Waals surface area contributed by atoms with Crippen LogP contribution in [0.2, 0.25) is 0 Å². The number of carbonyl (C=O) groups excluding carboxylic acids is 2. The fraction of sp³-hybridized carbons (Fsp3) is 0.368. The maximum Gasteiger partial charge on any atom is 0.227 e. The van der Waals surface area contributed by atoms with Crippen molar-refractivity contribution in [2.75, 3.05) is 26.2 Å². The first kappa shape index (κ1) is 17.6. The predicted molar refractivity (Wildman–Crippen MR) is 95.9 cm³/mol. The Labute approximate surface area is 150 Å². The van der Waals surface area contributed by atoms with Crippen LogP contribution in [0.15, 0.2) is 41.8 Å². The molecule has 3 rings (SSSR count). The molecular formula is C19H21FN2O2S. The van der Waals surface area contributed by atoms with Gasteiger partial charge in [-0.3, -0.25) is 9.59 Å². The lowest BCUT2D eigenvalue weighted by molar-refractivity contribution is -0.139. The summed E-state index contributed by atoms with van der Waals surface area (Å²) in [7, 11) is 0. The highest BCUT2D eigenvalue weighted by Gasteiger charge is 2.24. The Morgan fingerprint density at radius 3 is 2.28 bits per heavy atom. The number of hydrogen-bond acceptors (Lipinski definition) is 3. The molecule has 0 aliphatic carbocycles. The Balaban J connectivity index is 1.45. The van der Waals surface area contributed by atoms with E-state index in [2.05, 4.69) is 0 Å². The molecule has 0 atom stereocenters. The Morgan fingerprint density at radius 2 is 1.64 bits per heavy atom. The Morgan fingerprint density at radius 1 is 0.960 bits per heavy atom. The van der Waals surface area contributed by atoms with Crippen LogP contribution >= 0.6 is 11.3 Å². The molecule has 1 aliphatic rings. The zero-order valence-electron chi connectivity index (χ0n) is 14.0. The number of benzene rings is 1. The third-order valence-corrected chi connectivity index (χ3v) is 5.39. The van der Waals surface area contributed by atoms with Gasteiger partial charge in [-0.15, -0.1) is 11.3 Å². The first-order valence-electron chi connectivity index (χ1n) is 8.45. The molecule has 1 saturated heterocycles. The topological polar surface area (TPSA) is 40.6 Å². The second kappa shape index (κ2) is 8.25. The molecule has 1 aromatic carbocycles. The number of halogens is 1. The van der Waals surface area contributed by atoms with Gasteiger partial charge in [-0.1, -0.05) is 24.3 Å². The molecule has 132 valence electrons. The van der Waals surface area contributed by atoms with E-state index >= 15 is 0 Å². The van der Waals surface area contributed by atoms with Crippen LogP contribution in [-0.2, 0) is 22.4 Å². The highest BCUT2D eigenvalue weighted by atomic mass is 32.1. The van der Waals surface area contributed by atoms with Crippen molar-refractivity contribution in [2.24, 2.45) is 0 Å². The van der Waals surface area contributed by atoms with Gasteiger partial charge in [0.15, 0.2) is 0 Å². The van der Waals surface area contributed by atoms with Crippen molar-refractivity contribution in [3.05, 3.63) is 58.0 Å². The molecule has 0 N–H and O–H groups in total. The number of aryl methyl sites for hydroxylation is 1. The highest BCUT2D eigenvalue weighted by molar-refractivity contribution is 7.09. The molecule has 6 heteroatoms. The molecule has 25 heavy (non-hydrogen) atoms. The van der Waals surface area contributed by atoms with Gasteiger partial charge in [0.05, 0.1) is 6.42 Å². The molecule has 0 bridgehead atoms. The van der Waals surface area contributed by atoms with Crippen LogP contribution in [0.5, 0.6) is 0 Å². The minimum Gasteiger partial charge on any atom is -0.339 e. The Kier molecular flexibility index (Phi) is 5.81. The van der Waals surface area contributed by atoms with Crippen molar-refractivity contribution in [1.29, 1.82) is 0 Å². The van der Waals surface area contributed by atoms with Crippen LogP contribution in [0.3, 0.4) is 0 Å². The lowest BCUT2D eigenvalue weighted by atomic mass is 10.1. The summed E-state index contributed by atoms with van der Waals surface area (Å²) in [5.74, 6) is -0.302. The molecule has 2 amide bonds. The minimum absolute atomic E-state index is 0.0685. The van der Waals surface area contributed by atoms with E-state index in [0.29, 0.717) is 38.2 Å². The summed E-state index contributed by atoms with van der Waals surface area (Å²) in [6.07, 6.45) is 1.34. The molecule has 1 aromatic heterocycles. The number of nitrogens with zero attached hydrogens (tertiary/aromatic N) is 2. The summed E-state index contributed by atoms with van der Waals surface area (Å²) in [6, 6.07) is 10.4. The molecule has 0 unspecified atom stereocenters. The van der Waals surface area contributed by atoms with Gasteiger partial charge in [-0.05, 0) is 29.5 Å². The second-order valence-corrected chi connectivity index (χ2v) is 7.14. The standard InChI is InChI=1S/C19H21FN2O2S/c20-17-6-2-1-4-15(17)14-19(24)22-11-9-21(10-12-22)18(23)8-7-16-5-3-13-25-16/h1-6,13H,7-12,14H2. The molecule has 4 nitrogen and oxygen atoms in total. The molecule has 1 fully saturated rings. The SMILES string of the molecule is O=C(CCc1cccs1)N1CCN(C(=O)Cc2ccccc2F)CC1. The largest absolute Gasteiger partial charge is 0.339 e. The van der Waals surface area contributed by atoms with Gasteiger partial charge in [0.1, 0.15) is 5.82 Å². The second-order valence-electron chi connectivity index (χ2n) is 6.11. The number of piperazine rings is 1. The third kappa shape index (κ3) is 4.66. The van der Waals surface area contributed by atoms with E-state index in [9.17, 15) is 14.0 Å². The van der Waals surface area contributed by atoms with E-state index in [1.165, 1.54) is 10.9 Å². The summed E-state index contributed by atoms with van der Waals surface area (Å²) < 4.78 is 13.7. The predicted octanol–water partition coefficient (Wildman–Crippen LogP) is 2.73. The minimum atomic E-state index is -0.349.